The molecule has 0 aromatic heterocycles. The molecule has 2 aliphatic rings. The maximum Gasteiger partial charge on any atom is 0.231 e. The molecule has 4 nitrogen and oxygen atoms in total. The highest BCUT2D eigenvalue weighted by Crippen LogP contribution is 2.33. The molecule has 0 unspecified atom stereocenters. The molecule has 1 saturated carbocycles. The molecular formula is C17H23NO3. The van der Waals surface area contributed by atoms with Gasteiger partial charge in [-0.3, -0.25) is 4.79 Å². The van der Waals surface area contributed by atoms with Crippen LogP contribution in [0.2, 0.25) is 0 Å². The van der Waals surface area contributed by atoms with Crippen molar-refractivity contribution in [2.75, 3.05) is 6.79 Å². The zero-order valence-electron chi connectivity index (χ0n) is 12.6. The van der Waals surface area contributed by atoms with Crippen LogP contribution in [0.5, 0.6) is 11.5 Å². The Balaban J connectivity index is 1.75. The molecule has 1 amide bonds. The lowest BCUT2D eigenvalue weighted by Crippen LogP contribution is -2.40. The molecule has 1 heterocycles. The van der Waals surface area contributed by atoms with Crippen LogP contribution < -0.4 is 9.47 Å². The zero-order valence-corrected chi connectivity index (χ0v) is 12.6. The molecule has 0 bridgehead atoms. The van der Waals surface area contributed by atoms with Crippen molar-refractivity contribution >= 4 is 5.91 Å². The summed E-state index contributed by atoms with van der Waals surface area (Å²) in [7, 11) is 0. The lowest BCUT2D eigenvalue weighted by molar-refractivity contribution is -0.134. The minimum absolute atomic E-state index is 0.250. The molecule has 1 fully saturated rings. The Bertz CT molecular complexity index is 509. The Morgan fingerprint density at radius 3 is 2.71 bits per heavy atom. The van der Waals surface area contributed by atoms with Gasteiger partial charge in [-0.25, -0.2) is 0 Å². The third-order valence-corrected chi connectivity index (χ3v) is 4.43. The summed E-state index contributed by atoms with van der Waals surface area (Å²) < 4.78 is 10.8. The molecule has 0 N–H and O–H groups in total. The molecule has 0 atom stereocenters. The quantitative estimate of drug-likeness (QED) is 0.851. The van der Waals surface area contributed by atoms with Gasteiger partial charge in [0.1, 0.15) is 0 Å². The summed E-state index contributed by atoms with van der Waals surface area (Å²) >= 11 is 0. The van der Waals surface area contributed by atoms with Crippen LogP contribution in [0, 0.1) is 0 Å². The number of rotatable bonds is 4. The topological polar surface area (TPSA) is 38.8 Å². The second-order valence-corrected chi connectivity index (χ2v) is 5.85. The van der Waals surface area contributed by atoms with Gasteiger partial charge in [-0.15, -0.1) is 0 Å². The first kappa shape index (κ1) is 14.2. The Kier molecular flexibility index (Phi) is 4.32. The van der Waals surface area contributed by atoms with Gasteiger partial charge in [0.25, 0.3) is 0 Å². The Morgan fingerprint density at radius 1 is 1.19 bits per heavy atom. The molecule has 1 aromatic rings. The van der Waals surface area contributed by atoms with E-state index in [0.717, 1.165) is 29.9 Å². The Labute approximate surface area is 126 Å². The van der Waals surface area contributed by atoms with Gasteiger partial charge >= 0.3 is 0 Å². The number of benzene rings is 1. The van der Waals surface area contributed by atoms with Gasteiger partial charge in [-0.1, -0.05) is 32.3 Å². The highest BCUT2D eigenvalue weighted by atomic mass is 16.7. The number of carbonyl (C=O) groups excluding carboxylic acids is 1. The van der Waals surface area contributed by atoms with Gasteiger partial charge in [0, 0.05) is 19.0 Å². The highest BCUT2D eigenvalue weighted by Gasteiger charge is 2.25. The summed E-state index contributed by atoms with van der Waals surface area (Å²) in [5, 5.41) is 0. The van der Waals surface area contributed by atoms with Crippen LogP contribution in [-0.4, -0.2) is 23.6 Å². The summed E-state index contributed by atoms with van der Waals surface area (Å²) in [6.45, 7) is 2.91. The van der Waals surface area contributed by atoms with Crippen LogP contribution in [0.4, 0.5) is 0 Å². The fraction of sp³-hybridized carbons (Fsp3) is 0.588. The third-order valence-electron chi connectivity index (χ3n) is 4.43. The SMILES string of the molecule is CCC(=O)N(Cc1ccc2c(c1)OCO2)C1CCCCC1. The first-order chi connectivity index (χ1) is 10.3. The van der Waals surface area contributed by atoms with E-state index in [1.165, 1.54) is 19.3 Å². The van der Waals surface area contributed by atoms with Crippen LogP contribution in [0.15, 0.2) is 18.2 Å². The zero-order chi connectivity index (χ0) is 14.7. The monoisotopic (exact) mass is 289 g/mol. The minimum Gasteiger partial charge on any atom is -0.454 e. The van der Waals surface area contributed by atoms with Crippen molar-refractivity contribution in [2.45, 2.75) is 58.0 Å². The van der Waals surface area contributed by atoms with Gasteiger partial charge in [0.05, 0.1) is 0 Å². The van der Waals surface area contributed by atoms with Crippen molar-refractivity contribution < 1.29 is 14.3 Å². The number of carbonyl (C=O) groups is 1. The lowest BCUT2D eigenvalue weighted by Gasteiger charge is -2.34. The van der Waals surface area contributed by atoms with Crippen LogP contribution >= 0.6 is 0 Å². The van der Waals surface area contributed by atoms with Crippen molar-refractivity contribution in [3.63, 3.8) is 0 Å². The van der Waals surface area contributed by atoms with Crippen molar-refractivity contribution in [3.8, 4) is 11.5 Å². The fourth-order valence-electron chi connectivity index (χ4n) is 3.25. The molecule has 4 heteroatoms. The second-order valence-electron chi connectivity index (χ2n) is 5.85. The molecule has 1 aliphatic heterocycles. The molecule has 0 saturated heterocycles. The van der Waals surface area contributed by atoms with E-state index in [4.69, 9.17) is 9.47 Å². The predicted molar refractivity (Wildman–Crippen MR) is 80.3 cm³/mol. The molecule has 0 radical (unpaired) electrons. The summed E-state index contributed by atoms with van der Waals surface area (Å²) in [5.74, 6) is 1.84. The standard InChI is InChI=1S/C17H23NO3/c1-2-17(19)18(14-6-4-3-5-7-14)11-13-8-9-15-16(10-13)21-12-20-15/h8-10,14H,2-7,11-12H2,1H3. The van der Waals surface area contributed by atoms with Gasteiger partial charge in [0.15, 0.2) is 11.5 Å². The summed E-state index contributed by atoms with van der Waals surface area (Å²) in [5.41, 5.74) is 1.12. The van der Waals surface area contributed by atoms with Crippen LogP contribution in [0.3, 0.4) is 0 Å². The van der Waals surface area contributed by atoms with Gasteiger partial charge < -0.3 is 14.4 Å². The van der Waals surface area contributed by atoms with Crippen molar-refractivity contribution in [1.82, 2.24) is 4.90 Å². The maximum atomic E-state index is 12.3. The van der Waals surface area contributed by atoms with E-state index in [1.807, 2.05) is 25.1 Å². The minimum atomic E-state index is 0.250. The van der Waals surface area contributed by atoms with E-state index in [9.17, 15) is 4.79 Å². The first-order valence-electron chi connectivity index (χ1n) is 7.96. The summed E-state index contributed by atoms with van der Waals surface area (Å²) in [6, 6.07) is 6.37. The number of amides is 1. The van der Waals surface area contributed by atoms with Crippen LogP contribution in [-0.2, 0) is 11.3 Å². The van der Waals surface area contributed by atoms with E-state index >= 15 is 0 Å². The lowest BCUT2D eigenvalue weighted by atomic mass is 9.93. The third kappa shape index (κ3) is 3.14. The largest absolute Gasteiger partial charge is 0.454 e. The number of fused-ring (bicyclic) bond motifs is 1. The molecule has 0 spiro atoms. The number of hydrogen-bond donors (Lipinski definition) is 0. The average Bonchev–Trinajstić information content (AvgIpc) is 3.00. The van der Waals surface area contributed by atoms with Gasteiger partial charge in [0.2, 0.25) is 12.7 Å². The van der Waals surface area contributed by atoms with Gasteiger partial charge in [-0.2, -0.15) is 0 Å². The smallest absolute Gasteiger partial charge is 0.231 e. The molecular weight excluding hydrogens is 266 g/mol. The number of hydrogen-bond acceptors (Lipinski definition) is 3. The molecule has 114 valence electrons. The van der Waals surface area contributed by atoms with Gasteiger partial charge in [-0.05, 0) is 30.5 Å². The van der Waals surface area contributed by atoms with Crippen LogP contribution in [0.25, 0.3) is 0 Å². The van der Waals surface area contributed by atoms with Crippen LogP contribution in [0.1, 0.15) is 51.0 Å². The molecule has 1 aliphatic carbocycles. The normalized spacial score (nSPS) is 17.8. The van der Waals surface area contributed by atoms with Crippen molar-refractivity contribution in [1.29, 1.82) is 0 Å². The highest BCUT2D eigenvalue weighted by molar-refractivity contribution is 5.76. The van der Waals surface area contributed by atoms with E-state index < -0.39 is 0 Å². The maximum absolute atomic E-state index is 12.3. The number of ether oxygens (including phenoxy) is 2. The second kappa shape index (κ2) is 6.37. The predicted octanol–water partition coefficient (Wildman–Crippen LogP) is 3.49. The summed E-state index contributed by atoms with van der Waals surface area (Å²) in [4.78, 5) is 14.4. The van der Waals surface area contributed by atoms with E-state index in [1.54, 1.807) is 0 Å². The summed E-state index contributed by atoms with van der Waals surface area (Å²) in [6.07, 6.45) is 6.61. The fourth-order valence-corrected chi connectivity index (χ4v) is 3.25. The molecule has 21 heavy (non-hydrogen) atoms. The van der Waals surface area contributed by atoms with Crippen molar-refractivity contribution in [3.05, 3.63) is 23.8 Å². The Hall–Kier alpha value is -1.71. The van der Waals surface area contributed by atoms with E-state index in [2.05, 4.69) is 4.90 Å². The Morgan fingerprint density at radius 2 is 1.95 bits per heavy atom. The molecule has 3 rings (SSSR count). The average molecular weight is 289 g/mol. The van der Waals surface area contributed by atoms with Crippen molar-refractivity contribution in [2.24, 2.45) is 0 Å². The first-order valence-corrected chi connectivity index (χ1v) is 7.96. The van der Waals surface area contributed by atoms with E-state index in [-0.39, 0.29) is 5.91 Å². The number of nitrogens with zero attached hydrogens (tertiary/aromatic N) is 1. The molecule has 1 aromatic carbocycles. The van der Waals surface area contributed by atoms with E-state index in [0.29, 0.717) is 25.8 Å².